The van der Waals surface area contributed by atoms with Crippen molar-refractivity contribution >= 4 is 40.6 Å². The molecule has 1 saturated carbocycles. The molecule has 1 aromatic heterocycles. The number of anilines is 1. The normalized spacial score (nSPS) is 18.3. The fourth-order valence-electron chi connectivity index (χ4n) is 4.68. The van der Waals surface area contributed by atoms with Gasteiger partial charge in [0.2, 0.25) is 5.91 Å². The van der Waals surface area contributed by atoms with Crippen LogP contribution >= 0.6 is 22.9 Å². The van der Waals surface area contributed by atoms with E-state index in [0.717, 1.165) is 47.3 Å². The molecular formula is C28H32ClN3O3S. The molecule has 0 radical (unpaired) electrons. The summed E-state index contributed by atoms with van der Waals surface area (Å²) in [5.74, 6) is 0.661. The van der Waals surface area contributed by atoms with Crippen molar-refractivity contribution in [1.82, 2.24) is 5.32 Å². The number of halogens is 1. The molecule has 36 heavy (non-hydrogen) atoms. The Morgan fingerprint density at radius 1 is 1.08 bits per heavy atom. The van der Waals surface area contributed by atoms with Crippen LogP contribution in [0.15, 0.2) is 60.7 Å². The van der Waals surface area contributed by atoms with Gasteiger partial charge in [0.05, 0.1) is 13.2 Å². The third-order valence-electron chi connectivity index (χ3n) is 6.83. The first-order chi connectivity index (χ1) is 17.5. The number of hydrogen-bond acceptors (Lipinski definition) is 5. The van der Waals surface area contributed by atoms with Gasteiger partial charge < -0.3 is 15.8 Å². The summed E-state index contributed by atoms with van der Waals surface area (Å²) in [6.07, 6.45) is 3.95. The van der Waals surface area contributed by atoms with Crippen molar-refractivity contribution in [3.63, 3.8) is 0 Å². The van der Waals surface area contributed by atoms with E-state index in [9.17, 15) is 9.59 Å². The number of methoxy groups -OCH3 is 1. The lowest BCUT2D eigenvalue weighted by molar-refractivity contribution is -0.127. The average molecular weight is 526 g/mol. The summed E-state index contributed by atoms with van der Waals surface area (Å²) < 4.78 is 5.30. The van der Waals surface area contributed by atoms with Crippen molar-refractivity contribution in [2.24, 2.45) is 17.6 Å². The number of thiophene rings is 1. The van der Waals surface area contributed by atoms with E-state index in [0.29, 0.717) is 28.9 Å². The smallest absolute Gasteiger partial charge is 0.411 e. The summed E-state index contributed by atoms with van der Waals surface area (Å²) in [5.41, 5.74) is 9.45. The molecule has 0 aliphatic heterocycles. The molecule has 190 valence electrons. The van der Waals surface area contributed by atoms with E-state index in [-0.39, 0.29) is 17.9 Å². The largest absolute Gasteiger partial charge is 0.453 e. The van der Waals surface area contributed by atoms with Crippen LogP contribution in [0, 0.1) is 11.8 Å². The summed E-state index contributed by atoms with van der Waals surface area (Å²) in [4.78, 5) is 25.7. The molecule has 4 rings (SSSR count). The predicted molar refractivity (Wildman–Crippen MR) is 146 cm³/mol. The number of amides is 2. The van der Waals surface area contributed by atoms with E-state index in [2.05, 4.69) is 33.6 Å². The lowest BCUT2D eigenvalue weighted by Gasteiger charge is -2.28. The molecule has 0 saturated heterocycles. The zero-order valence-corrected chi connectivity index (χ0v) is 21.9. The number of hydrogen-bond donors (Lipinski definition) is 3. The number of nitrogens with one attached hydrogen (secondary N) is 2. The van der Waals surface area contributed by atoms with Gasteiger partial charge in [-0.25, -0.2) is 4.79 Å². The Labute approximate surface area is 221 Å². The number of rotatable bonds is 8. The molecule has 2 aromatic carbocycles. The van der Waals surface area contributed by atoms with Crippen molar-refractivity contribution in [3.8, 4) is 11.1 Å². The zero-order valence-electron chi connectivity index (χ0n) is 20.3. The summed E-state index contributed by atoms with van der Waals surface area (Å²) in [6, 6.07) is 19.5. The SMILES string of the molecule is COC(=O)Nc1ccc(-c2cc(C(Cc3ccccc3)NC(=O)C3CCC(CN)CC3)sc2Cl)cc1. The molecule has 2 amide bonds. The molecule has 1 heterocycles. The van der Waals surface area contributed by atoms with Gasteiger partial charge in [-0.05, 0) is 73.9 Å². The molecule has 4 N–H and O–H groups in total. The Morgan fingerprint density at radius 2 is 1.78 bits per heavy atom. The average Bonchev–Trinajstić information content (AvgIpc) is 3.30. The van der Waals surface area contributed by atoms with Crippen LogP contribution in [0.2, 0.25) is 4.34 Å². The second-order valence-electron chi connectivity index (χ2n) is 9.23. The Balaban J connectivity index is 1.54. The minimum Gasteiger partial charge on any atom is -0.453 e. The van der Waals surface area contributed by atoms with Crippen LogP contribution in [0.4, 0.5) is 10.5 Å². The minimum atomic E-state index is -0.519. The quantitative estimate of drug-likeness (QED) is 0.316. The lowest BCUT2D eigenvalue weighted by Crippen LogP contribution is -2.37. The van der Waals surface area contributed by atoms with Crippen molar-refractivity contribution in [1.29, 1.82) is 0 Å². The molecule has 0 bridgehead atoms. The molecular weight excluding hydrogens is 494 g/mol. The van der Waals surface area contributed by atoms with Crippen LogP contribution < -0.4 is 16.4 Å². The fourth-order valence-corrected chi connectivity index (χ4v) is 6.07. The van der Waals surface area contributed by atoms with E-state index < -0.39 is 6.09 Å². The van der Waals surface area contributed by atoms with Crippen LogP contribution in [0.25, 0.3) is 11.1 Å². The Morgan fingerprint density at radius 3 is 2.42 bits per heavy atom. The number of carbonyl (C=O) groups excluding carboxylic acids is 2. The van der Waals surface area contributed by atoms with Gasteiger partial charge in [-0.3, -0.25) is 10.1 Å². The second-order valence-corrected chi connectivity index (χ2v) is 10.9. The maximum Gasteiger partial charge on any atom is 0.411 e. The molecule has 1 unspecified atom stereocenters. The van der Waals surface area contributed by atoms with Crippen LogP contribution in [0.5, 0.6) is 0 Å². The predicted octanol–water partition coefficient (Wildman–Crippen LogP) is 6.41. The minimum absolute atomic E-state index is 0.0239. The molecule has 3 aromatic rings. The first kappa shape index (κ1) is 26.2. The van der Waals surface area contributed by atoms with Gasteiger partial charge in [-0.15, -0.1) is 11.3 Å². The fraction of sp³-hybridized carbons (Fsp3) is 0.357. The molecule has 0 spiro atoms. The van der Waals surface area contributed by atoms with Crippen molar-refractivity contribution in [3.05, 3.63) is 75.4 Å². The molecule has 1 aliphatic carbocycles. The maximum absolute atomic E-state index is 13.3. The van der Waals surface area contributed by atoms with Gasteiger partial charge in [0.15, 0.2) is 0 Å². The highest BCUT2D eigenvalue weighted by Gasteiger charge is 2.28. The highest BCUT2D eigenvalue weighted by atomic mass is 35.5. The highest BCUT2D eigenvalue weighted by molar-refractivity contribution is 7.16. The Hall–Kier alpha value is -2.87. The number of nitrogens with two attached hydrogens (primary N) is 1. The van der Waals surface area contributed by atoms with Gasteiger partial charge in [0.1, 0.15) is 4.34 Å². The summed E-state index contributed by atoms with van der Waals surface area (Å²) >= 11 is 8.19. The standard InChI is InChI=1S/C28H32ClN3O3S/c1-35-28(34)31-22-13-11-20(12-14-22)23-16-25(36-26(23)29)24(15-18-5-3-2-4-6-18)32-27(33)21-9-7-19(17-30)8-10-21/h2-6,11-14,16,19,21,24H,7-10,15,17,30H2,1H3,(H,31,34)(H,32,33). The van der Waals surface area contributed by atoms with E-state index in [1.165, 1.54) is 18.4 Å². The molecule has 8 heteroatoms. The van der Waals surface area contributed by atoms with Gasteiger partial charge in [-0.1, -0.05) is 54.1 Å². The van der Waals surface area contributed by atoms with Crippen LogP contribution in [0.1, 0.15) is 42.2 Å². The summed E-state index contributed by atoms with van der Waals surface area (Å²) in [6.45, 7) is 0.696. The third kappa shape index (κ3) is 6.66. The Kier molecular flexibility index (Phi) is 9.02. The monoisotopic (exact) mass is 525 g/mol. The number of benzene rings is 2. The van der Waals surface area contributed by atoms with Gasteiger partial charge in [-0.2, -0.15) is 0 Å². The van der Waals surface area contributed by atoms with Gasteiger partial charge in [0.25, 0.3) is 0 Å². The van der Waals surface area contributed by atoms with Crippen molar-refractivity contribution < 1.29 is 14.3 Å². The molecule has 1 fully saturated rings. The maximum atomic E-state index is 13.3. The van der Waals surface area contributed by atoms with Crippen molar-refractivity contribution in [2.45, 2.75) is 38.1 Å². The first-order valence-corrected chi connectivity index (χ1v) is 13.4. The molecule has 6 nitrogen and oxygen atoms in total. The highest BCUT2D eigenvalue weighted by Crippen LogP contribution is 2.40. The zero-order chi connectivity index (χ0) is 25.5. The molecule has 1 atom stereocenters. The van der Waals surface area contributed by atoms with Crippen LogP contribution in [-0.2, 0) is 16.0 Å². The van der Waals surface area contributed by atoms with Crippen molar-refractivity contribution in [2.75, 3.05) is 19.0 Å². The van der Waals surface area contributed by atoms with Crippen LogP contribution in [-0.4, -0.2) is 25.7 Å². The Bertz CT molecular complexity index is 1160. The van der Waals surface area contributed by atoms with E-state index in [1.54, 1.807) is 12.1 Å². The van der Waals surface area contributed by atoms with Crippen LogP contribution in [0.3, 0.4) is 0 Å². The van der Waals surface area contributed by atoms with E-state index in [4.69, 9.17) is 17.3 Å². The molecule has 1 aliphatic rings. The first-order valence-electron chi connectivity index (χ1n) is 12.3. The van der Waals surface area contributed by atoms with E-state index in [1.807, 2.05) is 30.3 Å². The summed E-state index contributed by atoms with van der Waals surface area (Å²) in [7, 11) is 1.33. The topological polar surface area (TPSA) is 93.5 Å². The number of ether oxygens (including phenoxy) is 1. The van der Waals surface area contributed by atoms with Gasteiger partial charge >= 0.3 is 6.09 Å². The summed E-state index contributed by atoms with van der Waals surface area (Å²) in [5, 5.41) is 5.98. The lowest BCUT2D eigenvalue weighted by atomic mass is 9.81. The number of carbonyl (C=O) groups is 2. The van der Waals surface area contributed by atoms with Gasteiger partial charge in [0, 0.05) is 22.0 Å². The second kappa shape index (κ2) is 12.4. The third-order valence-corrected chi connectivity index (χ3v) is 8.30. The van der Waals surface area contributed by atoms with E-state index >= 15 is 0 Å².